The van der Waals surface area contributed by atoms with Gasteiger partial charge in [0.05, 0.1) is 4.91 Å². The lowest BCUT2D eigenvalue weighted by Crippen LogP contribution is -2.35. The minimum atomic E-state index is 0.0307. The maximum absolute atomic E-state index is 13.0. The summed E-state index contributed by atoms with van der Waals surface area (Å²) in [6.45, 7) is 12.4. The van der Waals surface area contributed by atoms with E-state index in [4.69, 9.17) is 0 Å². The second-order valence-corrected chi connectivity index (χ2v) is 8.42. The molecule has 2 aromatic rings. The van der Waals surface area contributed by atoms with Crippen LogP contribution in [0.3, 0.4) is 0 Å². The highest BCUT2D eigenvalue weighted by molar-refractivity contribution is 8.18. The average Bonchev–Trinajstić information content (AvgIpc) is 3.15. The van der Waals surface area contributed by atoms with E-state index >= 15 is 0 Å². The summed E-state index contributed by atoms with van der Waals surface area (Å²) in [5.74, 6) is 0.0307. The normalized spacial score (nSPS) is 17.9. The van der Waals surface area contributed by atoms with E-state index in [0.29, 0.717) is 4.91 Å². The van der Waals surface area contributed by atoms with Gasteiger partial charge in [-0.05, 0) is 88.7 Å². The molecule has 142 valence electrons. The van der Waals surface area contributed by atoms with Gasteiger partial charge >= 0.3 is 0 Å². The highest BCUT2D eigenvalue weighted by Gasteiger charge is 2.35. The molecule has 0 radical (unpaired) electrons. The number of carbonyl (C=O) groups excluding carboxylic acids is 1. The molecule has 1 aromatic heterocycles. The van der Waals surface area contributed by atoms with Crippen LogP contribution in [0.25, 0.3) is 11.8 Å². The van der Waals surface area contributed by atoms with Crippen molar-refractivity contribution in [1.29, 1.82) is 0 Å². The van der Waals surface area contributed by atoms with Gasteiger partial charge in [0.15, 0.2) is 5.17 Å². The smallest absolute Gasteiger partial charge is 0.267 e. The van der Waals surface area contributed by atoms with Crippen molar-refractivity contribution in [2.24, 2.45) is 4.99 Å². The lowest BCUT2D eigenvalue weighted by Gasteiger charge is -2.20. The van der Waals surface area contributed by atoms with E-state index in [-0.39, 0.29) is 18.0 Å². The Balaban J connectivity index is 2.03. The fourth-order valence-corrected chi connectivity index (χ4v) is 4.33. The van der Waals surface area contributed by atoms with E-state index in [0.717, 1.165) is 16.5 Å². The van der Waals surface area contributed by atoms with E-state index in [1.807, 2.05) is 52.1 Å². The van der Waals surface area contributed by atoms with Gasteiger partial charge in [0, 0.05) is 29.7 Å². The summed E-state index contributed by atoms with van der Waals surface area (Å²) in [6.07, 6.45) is 4.02. The molecular formula is C22H27N3OS. The summed E-state index contributed by atoms with van der Waals surface area (Å²) >= 11 is 1.47. The van der Waals surface area contributed by atoms with Crippen LogP contribution in [-0.2, 0) is 4.79 Å². The van der Waals surface area contributed by atoms with E-state index in [1.165, 1.54) is 22.9 Å². The van der Waals surface area contributed by atoms with Crippen LogP contribution in [0.1, 0.15) is 44.5 Å². The van der Waals surface area contributed by atoms with Gasteiger partial charge in [-0.2, -0.15) is 0 Å². The number of benzene rings is 1. The summed E-state index contributed by atoms with van der Waals surface area (Å²) in [7, 11) is 0. The molecule has 0 unspecified atom stereocenters. The molecule has 0 saturated carbocycles. The Hall–Kier alpha value is -2.27. The highest BCUT2D eigenvalue weighted by atomic mass is 32.2. The van der Waals surface area contributed by atoms with Crippen LogP contribution in [0.2, 0.25) is 0 Å². The van der Waals surface area contributed by atoms with Gasteiger partial charge in [0.2, 0.25) is 0 Å². The van der Waals surface area contributed by atoms with Crippen molar-refractivity contribution < 1.29 is 4.79 Å². The first-order chi connectivity index (χ1) is 12.8. The molecule has 0 spiro atoms. The predicted molar refractivity (Wildman–Crippen MR) is 115 cm³/mol. The minimum absolute atomic E-state index is 0.0307. The van der Waals surface area contributed by atoms with Crippen LogP contribution in [-0.4, -0.2) is 32.6 Å². The molecule has 2 heterocycles. The summed E-state index contributed by atoms with van der Waals surface area (Å²) in [4.78, 5) is 20.1. The van der Waals surface area contributed by atoms with Gasteiger partial charge in [-0.25, -0.2) is 0 Å². The summed E-state index contributed by atoms with van der Waals surface area (Å²) in [5.41, 5.74) is 4.63. The van der Waals surface area contributed by atoms with E-state index < -0.39 is 0 Å². The van der Waals surface area contributed by atoms with Crippen molar-refractivity contribution in [3.63, 3.8) is 0 Å². The molecule has 0 aliphatic carbocycles. The number of carbonyl (C=O) groups is 1. The second kappa shape index (κ2) is 7.77. The van der Waals surface area contributed by atoms with Gasteiger partial charge in [-0.15, -0.1) is 0 Å². The van der Waals surface area contributed by atoms with Gasteiger partial charge in [-0.3, -0.25) is 14.7 Å². The number of thioether (sulfide) groups is 1. The summed E-state index contributed by atoms with van der Waals surface area (Å²) in [6, 6.07) is 10.6. The van der Waals surface area contributed by atoms with Crippen molar-refractivity contribution in [2.45, 2.75) is 53.6 Å². The number of amides is 1. The van der Waals surface area contributed by atoms with E-state index in [2.05, 4.69) is 41.6 Å². The second-order valence-electron chi connectivity index (χ2n) is 7.41. The Kier molecular flexibility index (Phi) is 5.61. The number of aromatic nitrogens is 1. The lowest BCUT2D eigenvalue weighted by molar-refractivity contribution is -0.123. The van der Waals surface area contributed by atoms with Crippen LogP contribution in [0, 0.1) is 13.8 Å². The molecule has 3 rings (SSSR count). The molecule has 1 fully saturated rings. The number of hydrogen-bond acceptors (Lipinski definition) is 3. The first-order valence-corrected chi connectivity index (χ1v) is 10.2. The zero-order valence-electron chi connectivity index (χ0n) is 16.9. The molecular weight excluding hydrogens is 354 g/mol. The number of aliphatic imine (C=N–C) groups is 1. The van der Waals surface area contributed by atoms with Crippen molar-refractivity contribution in [2.75, 3.05) is 0 Å². The third-order valence-electron chi connectivity index (χ3n) is 4.62. The number of rotatable bonds is 4. The standard InChI is InChI=1S/C22H27N3OS/c1-14(2)23-22-25(15(3)4)21(26)20(27-22)13-18-10-8-12-24(18)19-11-7-9-16(5)17(19)6/h7-15H,1-6H3/b20-13+,23-22?. The monoisotopic (exact) mass is 381 g/mol. The molecule has 1 amide bonds. The van der Waals surface area contributed by atoms with Crippen molar-refractivity contribution in [3.8, 4) is 5.69 Å². The third kappa shape index (κ3) is 3.88. The minimum Gasteiger partial charge on any atom is -0.317 e. The zero-order chi connectivity index (χ0) is 19.7. The quantitative estimate of drug-likeness (QED) is 0.684. The maximum atomic E-state index is 13.0. The zero-order valence-corrected chi connectivity index (χ0v) is 17.7. The molecule has 27 heavy (non-hydrogen) atoms. The first kappa shape index (κ1) is 19.5. The van der Waals surface area contributed by atoms with Gasteiger partial charge < -0.3 is 4.57 Å². The Morgan fingerprint density at radius 1 is 1.07 bits per heavy atom. The lowest BCUT2D eigenvalue weighted by atomic mass is 10.1. The van der Waals surface area contributed by atoms with Gasteiger partial charge in [0.25, 0.3) is 5.91 Å². The maximum Gasteiger partial charge on any atom is 0.267 e. The SMILES string of the molecule is Cc1cccc(-n2cccc2/C=C2/SC(=NC(C)C)N(C(C)C)C2=O)c1C. The Labute approximate surface area is 166 Å². The van der Waals surface area contributed by atoms with Crippen molar-refractivity contribution >= 4 is 28.9 Å². The molecule has 1 aliphatic rings. The number of nitrogens with zero attached hydrogens (tertiary/aromatic N) is 3. The number of hydrogen-bond donors (Lipinski definition) is 0. The van der Waals surface area contributed by atoms with E-state index in [9.17, 15) is 4.79 Å². The first-order valence-electron chi connectivity index (χ1n) is 9.34. The van der Waals surface area contributed by atoms with Gasteiger partial charge in [-0.1, -0.05) is 12.1 Å². The summed E-state index contributed by atoms with van der Waals surface area (Å²) < 4.78 is 2.14. The van der Waals surface area contributed by atoms with Crippen LogP contribution in [0.15, 0.2) is 46.4 Å². The van der Waals surface area contributed by atoms with Crippen molar-refractivity contribution in [1.82, 2.24) is 9.47 Å². The molecule has 1 saturated heterocycles. The van der Waals surface area contributed by atoms with Gasteiger partial charge in [0.1, 0.15) is 0 Å². The molecule has 0 bridgehead atoms. The fraction of sp³-hybridized carbons (Fsp3) is 0.364. The molecule has 5 heteroatoms. The summed E-state index contributed by atoms with van der Waals surface area (Å²) in [5, 5.41) is 0.793. The van der Waals surface area contributed by atoms with Crippen LogP contribution in [0.5, 0.6) is 0 Å². The molecule has 1 aliphatic heterocycles. The molecule has 0 N–H and O–H groups in total. The topological polar surface area (TPSA) is 37.6 Å². The fourth-order valence-electron chi connectivity index (χ4n) is 3.11. The Bertz CT molecular complexity index is 921. The number of aryl methyl sites for hydroxylation is 1. The third-order valence-corrected chi connectivity index (χ3v) is 5.61. The van der Waals surface area contributed by atoms with Crippen LogP contribution < -0.4 is 0 Å². The molecule has 0 atom stereocenters. The predicted octanol–water partition coefficient (Wildman–Crippen LogP) is 5.18. The Morgan fingerprint density at radius 3 is 2.48 bits per heavy atom. The molecule has 1 aromatic carbocycles. The van der Waals surface area contributed by atoms with E-state index in [1.54, 1.807) is 4.90 Å². The average molecular weight is 382 g/mol. The largest absolute Gasteiger partial charge is 0.317 e. The molecule has 4 nitrogen and oxygen atoms in total. The van der Waals surface area contributed by atoms with Crippen molar-refractivity contribution in [3.05, 3.63) is 58.3 Å². The van der Waals surface area contributed by atoms with Crippen LogP contribution in [0.4, 0.5) is 0 Å². The highest BCUT2D eigenvalue weighted by Crippen LogP contribution is 2.34. The Morgan fingerprint density at radius 2 is 1.81 bits per heavy atom. The van der Waals surface area contributed by atoms with Crippen LogP contribution >= 0.6 is 11.8 Å². The number of amidine groups is 1.